The number of allylic oxidation sites excluding steroid dienone is 4. The first-order chi connectivity index (χ1) is 50.5. The highest BCUT2D eigenvalue weighted by Gasteiger charge is 2.31. The summed E-state index contributed by atoms with van der Waals surface area (Å²) in [6.07, 6.45) is 17.4. The van der Waals surface area contributed by atoms with Crippen molar-refractivity contribution < 1.29 is 0 Å². The molecule has 9 aromatic heterocycles. The molecule has 0 saturated carbocycles. The molecule has 1 aliphatic carbocycles. The lowest BCUT2D eigenvalue weighted by Crippen LogP contribution is -2.00. The molecule has 0 saturated heterocycles. The second kappa shape index (κ2) is 25.9. The van der Waals surface area contributed by atoms with Crippen LogP contribution in [0.3, 0.4) is 0 Å². The number of benzene rings is 10. The molecule has 1 aliphatic rings. The van der Waals surface area contributed by atoms with E-state index in [1.807, 2.05) is 48.7 Å². The Morgan fingerprint density at radius 3 is 1.40 bits per heavy atom. The normalized spacial score (nSPS) is 12.5. The van der Waals surface area contributed by atoms with Gasteiger partial charge in [0, 0.05) is 103 Å². The van der Waals surface area contributed by atoms with E-state index in [9.17, 15) is 0 Å². The van der Waals surface area contributed by atoms with Crippen molar-refractivity contribution in [1.82, 2.24) is 42.8 Å². The van der Waals surface area contributed by atoms with Crippen molar-refractivity contribution in [3.63, 3.8) is 0 Å². The largest absolute Gasteiger partial charge is 0.309 e. The minimum absolute atomic E-state index is 0.240. The lowest BCUT2D eigenvalue weighted by atomic mass is 9.89. The van der Waals surface area contributed by atoms with E-state index in [-0.39, 0.29) is 5.92 Å². The summed E-state index contributed by atoms with van der Waals surface area (Å²) in [5.74, 6) is 2.93. The molecule has 9 heterocycles. The molecule has 9 nitrogen and oxygen atoms in total. The molecule has 102 heavy (non-hydrogen) atoms. The maximum atomic E-state index is 5.01. The van der Waals surface area contributed by atoms with Gasteiger partial charge in [0.15, 0.2) is 0 Å². The molecular weight excluding hydrogens is 1240 g/mol. The van der Waals surface area contributed by atoms with Crippen LogP contribution in [0.5, 0.6) is 0 Å². The van der Waals surface area contributed by atoms with Crippen LogP contribution in [0.4, 0.5) is 0 Å². The monoisotopic (exact) mass is 1310 g/mol. The van der Waals surface area contributed by atoms with Crippen LogP contribution < -0.4 is 0 Å². The van der Waals surface area contributed by atoms with E-state index in [1.165, 1.54) is 93.1 Å². The zero-order valence-corrected chi connectivity index (χ0v) is 55.7. The molecule has 19 aromatic rings. The van der Waals surface area contributed by atoms with Gasteiger partial charge in [0.2, 0.25) is 0 Å². The van der Waals surface area contributed by atoms with Gasteiger partial charge in [0.05, 0.1) is 50.0 Å². The van der Waals surface area contributed by atoms with Crippen LogP contribution in [0.1, 0.15) is 28.2 Å². The number of nitrogens with zero attached hydrogens (tertiary/aromatic N) is 9. The van der Waals surface area contributed by atoms with E-state index < -0.39 is 0 Å². The van der Waals surface area contributed by atoms with Gasteiger partial charge in [0.1, 0.15) is 17.5 Å². The molecule has 0 amide bonds. The van der Waals surface area contributed by atoms with Crippen LogP contribution in [-0.2, 0) is 0 Å². The van der Waals surface area contributed by atoms with Gasteiger partial charge in [-0.2, -0.15) is 0 Å². The summed E-state index contributed by atoms with van der Waals surface area (Å²) in [6.45, 7) is 7.77. The third kappa shape index (κ3) is 10.8. The van der Waals surface area contributed by atoms with E-state index >= 15 is 0 Å². The molecule has 1 unspecified atom stereocenters. The Bertz CT molecular complexity index is 6410. The van der Waals surface area contributed by atoms with E-state index in [0.717, 1.165) is 73.5 Å². The molecule has 0 radical (unpaired) electrons. The minimum atomic E-state index is 0.240. The van der Waals surface area contributed by atoms with Crippen LogP contribution in [0, 0.1) is 0 Å². The van der Waals surface area contributed by atoms with Crippen LogP contribution in [0.25, 0.3) is 144 Å². The molecule has 482 valence electrons. The summed E-state index contributed by atoms with van der Waals surface area (Å²) < 4.78 is 11.2. The molecule has 0 N–H and O–H groups in total. The van der Waals surface area contributed by atoms with E-state index in [1.54, 1.807) is 18.5 Å². The smallest absolute Gasteiger partial charge is 0.137 e. The van der Waals surface area contributed by atoms with Crippen LogP contribution >= 0.6 is 0 Å². The summed E-state index contributed by atoms with van der Waals surface area (Å²) in [6, 6.07) is 109. The summed E-state index contributed by atoms with van der Waals surface area (Å²) in [7, 11) is 0. The maximum Gasteiger partial charge on any atom is 0.137 e. The SMILES string of the molecule is C=C/C=C(\C=C)c1ccnc(-n2ccc3cc4c5ccccc5n(-c5ccccc5)c4cc32)c1.c1ccc(-c2cccc(-n3ccc4cc5c(cc43)C(c3ccccc3)c3ccccc3-5)n2)cc1.c1ccc(-n2c3ccccc3c3cc4ccn(-c5cccc(-c6ccncc6)n5)c4cc32)cc1. The fraction of sp³-hybridized carbons (Fsp3) is 0.0108. The topological polar surface area (TPSA) is 76.2 Å². The summed E-state index contributed by atoms with van der Waals surface area (Å²) >= 11 is 0. The predicted octanol–water partition coefficient (Wildman–Crippen LogP) is 22.9. The standard InChI is InChI=1S/C32H22N2.C31H23N3.C30H20N4/c1-3-10-22(11-4-1)29-16-9-17-31(33-29)34-19-18-24-20-27-25-14-7-8-15-26(25)32(28(27)21-30(24)34)23-12-5-2-6-13-23;1-3-10-22(4-2)23-15-17-32-31(20-23)33-18-16-24-19-27-26-13-8-9-14-28(26)34(30(27)21-29(24)33)25-11-6-5-7-12-25;1-2-7-23(8-3-1)34-27-11-5-4-9-24(27)25-19-22-15-18-33(28(22)20-29(25)34)30-12-6-10-26(32-30)21-13-16-31-17-14-21/h1-21,32H;3-21H,1-2H2;1-20H/b;22-10+;. The van der Waals surface area contributed by atoms with E-state index in [2.05, 4.69) is 344 Å². The Labute approximate surface area is 589 Å². The highest BCUT2D eigenvalue weighted by molar-refractivity contribution is 6.15. The quantitative estimate of drug-likeness (QED) is 0.121. The Balaban J connectivity index is 0.000000110. The van der Waals surface area contributed by atoms with E-state index in [0.29, 0.717) is 0 Å². The van der Waals surface area contributed by atoms with Crippen LogP contribution in [0.2, 0.25) is 0 Å². The van der Waals surface area contributed by atoms with Crippen molar-refractivity contribution in [3.8, 4) is 62.5 Å². The molecule has 0 fully saturated rings. The van der Waals surface area contributed by atoms with Crippen molar-refractivity contribution in [3.05, 3.63) is 400 Å². The summed E-state index contributed by atoms with van der Waals surface area (Å²) in [5, 5.41) is 8.61. The first kappa shape index (κ1) is 60.6. The van der Waals surface area contributed by atoms with Gasteiger partial charge >= 0.3 is 0 Å². The van der Waals surface area contributed by atoms with Gasteiger partial charge in [-0.1, -0.05) is 201 Å². The first-order valence-electron chi connectivity index (χ1n) is 34.3. The molecule has 0 spiro atoms. The fourth-order valence-electron chi connectivity index (χ4n) is 15.0. The lowest BCUT2D eigenvalue weighted by Gasteiger charge is -2.15. The number of hydrogen-bond donors (Lipinski definition) is 0. The van der Waals surface area contributed by atoms with E-state index in [4.69, 9.17) is 9.97 Å². The zero-order chi connectivity index (χ0) is 68.0. The second-order valence-corrected chi connectivity index (χ2v) is 25.5. The van der Waals surface area contributed by atoms with Gasteiger partial charge in [-0.05, 0) is 178 Å². The fourth-order valence-corrected chi connectivity index (χ4v) is 15.0. The number of para-hydroxylation sites is 4. The van der Waals surface area contributed by atoms with Gasteiger partial charge in [-0.3, -0.25) is 4.98 Å². The first-order valence-corrected chi connectivity index (χ1v) is 34.3. The van der Waals surface area contributed by atoms with Gasteiger partial charge in [-0.15, -0.1) is 0 Å². The molecule has 0 bridgehead atoms. The lowest BCUT2D eigenvalue weighted by molar-refractivity contribution is 1.01. The Hall–Kier alpha value is -13.8. The van der Waals surface area contributed by atoms with Crippen molar-refractivity contribution in [2.45, 2.75) is 5.92 Å². The number of hydrogen-bond acceptors (Lipinski definition) is 4. The number of aromatic nitrogens is 9. The summed E-state index contributed by atoms with van der Waals surface area (Å²) in [4.78, 5) is 18.8. The predicted molar refractivity (Wildman–Crippen MR) is 422 cm³/mol. The van der Waals surface area contributed by atoms with Crippen molar-refractivity contribution >= 4 is 81.9 Å². The van der Waals surface area contributed by atoms with Crippen molar-refractivity contribution in [2.24, 2.45) is 0 Å². The highest BCUT2D eigenvalue weighted by atomic mass is 15.1. The third-order valence-corrected chi connectivity index (χ3v) is 19.7. The average Bonchev–Trinajstić information content (AvgIpc) is 1.59. The molecule has 9 heteroatoms. The van der Waals surface area contributed by atoms with Crippen molar-refractivity contribution in [2.75, 3.05) is 0 Å². The summed E-state index contributed by atoms with van der Waals surface area (Å²) in [5.41, 5.74) is 23.4. The van der Waals surface area contributed by atoms with Gasteiger partial charge < -0.3 is 22.8 Å². The van der Waals surface area contributed by atoms with Crippen molar-refractivity contribution in [1.29, 1.82) is 0 Å². The zero-order valence-electron chi connectivity index (χ0n) is 55.7. The molecule has 0 aliphatic heterocycles. The molecule has 10 aromatic carbocycles. The highest BCUT2D eigenvalue weighted by Crippen LogP contribution is 2.50. The number of fused-ring (bicyclic) bond motifs is 12. The Morgan fingerprint density at radius 1 is 0.343 bits per heavy atom. The Kier molecular flexibility index (Phi) is 15.4. The van der Waals surface area contributed by atoms with Crippen LogP contribution in [0.15, 0.2) is 378 Å². The second-order valence-electron chi connectivity index (χ2n) is 25.5. The third-order valence-electron chi connectivity index (χ3n) is 19.7. The molecule has 20 rings (SSSR count). The van der Waals surface area contributed by atoms with Gasteiger partial charge in [0.25, 0.3) is 0 Å². The Morgan fingerprint density at radius 2 is 0.833 bits per heavy atom. The number of pyridine rings is 4. The van der Waals surface area contributed by atoms with Crippen LogP contribution in [-0.4, -0.2) is 42.8 Å². The average molecular weight is 1310 g/mol. The minimum Gasteiger partial charge on any atom is -0.309 e. The molecular formula is C93H65N9. The maximum absolute atomic E-state index is 5.01. The molecule has 1 atom stereocenters. The van der Waals surface area contributed by atoms with Gasteiger partial charge in [-0.25, -0.2) is 15.0 Å². The number of rotatable bonds is 11.